The number of hydrogen-bond acceptors (Lipinski definition) is 4. The maximum atomic E-state index is 12.7. The predicted molar refractivity (Wildman–Crippen MR) is 108 cm³/mol. The van der Waals surface area contributed by atoms with Gasteiger partial charge in [0.25, 0.3) is 0 Å². The molecule has 1 aliphatic rings. The molecule has 0 unspecified atom stereocenters. The number of hydrogen-bond donors (Lipinski definition) is 0. The Morgan fingerprint density at radius 3 is 2.64 bits per heavy atom. The molecule has 0 fully saturated rings. The van der Waals surface area contributed by atoms with Crippen LogP contribution < -0.4 is 4.74 Å². The summed E-state index contributed by atoms with van der Waals surface area (Å²) >= 11 is 6.19. The van der Waals surface area contributed by atoms with E-state index in [9.17, 15) is 4.79 Å². The number of aromatic nitrogens is 3. The molecule has 2 aromatic heterocycles. The van der Waals surface area contributed by atoms with E-state index >= 15 is 0 Å². The van der Waals surface area contributed by atoms with Crippen molar-refractivity contribution in [2.45, 2.75) is 26.7 Å². The molecule has 0 atom stereocenters. The number of carbonyl (C=O) groups is 1. The number of rotatable bonds is 4. The van der Waals surface area contributed by atoms with Crippen LogP contribution in [-0.2, 0) is 12.8 Å². The summed E-state index contributed by atoms with van der Waals surface area (Å²) in [6, 6.07) is 9.49. The van der Waals surface area contributed by atoms with Gasteiger partial charge in [0.1, 0.15) is 0 Å². The largest absolute Gasteiger partial charge is 0.416 e. The van der Waals surface area contributed by atoms with Crippen molar-refractivity contribution in [3.05, 3.63) is 59.0 Å². The van der Waals surface area contributed by atoms with Gasteiger partial charge in [0.15, 0.2) is 0 Å². The summed E-state index contributed by atoms with van der Waals surface area (Å²) in [5, 5.41) is 5.47. The fraction of sp³-hybridized carbons (Fsp3) is 0.286. The van der Waals surface area contributed by atoms with Gasteiger partial charge in [0.05, 0.1) is 16.9 Å². The van der Waals surface area contributed by atoms with Crippen molar-refractivity contribution in [1.82, 2.24) is 19.7 Å². The van der Waals surface area contributed by atoms with Gasteiger partial charge in [-0.05, 0) is 62.1 Å². The first-order valence-corrected chi connectivity index (χ1v) is 9.78. The average Bonchev–Trinajstić information content (AvgIpc) is 3.08. The maximum absolute atomic E-state index is 12.7. The first-order valence-electron chi connectivity index (χ1n) is 9.40. The molecule has 6 nitrogen and oxygen atoms in total. The van der Waals surface area contributed by atoms with Crippen LogP contribution in [0.2, 0.25) is 5.02 Å². The van der Waals surface area contributed by atoms with Crippen LogP contribution in [0.3, 0.4) is 0 Å². The van der Waals surface area contributed by atoms with Crippen LogP contribution in [0.15, 0.2) is 42.7 Å². The van der Waals surface area contributed by atoms with Gasteiger partial charge in [-0.25, -0.2) is 4.79 Å². The first kappa shape index (κ1) is 18.5. The van der Waals surface area contributed by atoms with Crippen molar-refractivity contribution in [2.75, 3.05) is 13.1 Å². The van der Waals surface area contributed by atoms with Crippen molar-refractivity contribution < 1.29 is 9.53 Å². The molecule has 0 radical (unpaired) electrons. The molecule has 0 N–H and O–H groups in total. The molecule has 0 bridgehead atoms. The molecule has 0 aliphatic heterocycles. The third-order valence-corrected chi connectivity index (χ3v) is 5.23. The summed E-state index contributed by atoms with van der Waals surface area (Å²) in [7, 11) is 0. The van der Waals surface area contributed by atoms with E-state index in [1.54, 1.807) is 22.0 Å². The van der Waals surface area contributed by atoms with E-state index in [2.05, 4.69) is 4.98 Å². The molecule has 0 saturated heterocycles. The zero-order valence-corrected chi connectivity index (χ0v) is 16.6. The zero-order chi connectivity index (χ0) is 19.7. The minimum absolute atomic E-state index is 0.385. The molecular formula is C21H21ClN4O2. The summed E-state index contributed by atoms with van der Waals surface area (Å²) in [6.45, 7) is 5.01. The molecule has 28 heavy (non-hydrogen) atoms. The molecule has 0 spiro atoms. The predicted octanol–water partition coefficient (Wildman–Crippen LogP) is 4.53. The van der Waals surface area contributed by atoms with Crippen LogP contribution in [-0.4, -0.2) is 38.8 Å². The molecule has 7 heteroatoms. The molecule has 0 saturated carbocycles. The number of fused-ring (bicyclic) bond motifs is 3. The molecule has 1 aromatic carbocycles. The minimum Gasteiger partial charge on any atom is -0.390 e. The van der Waals surface area contributed by atoms with Crippen molar-refractivity contribution in [1.29, 1.82) is 0 Å². The van der Waals surface area contributed by atoms with E-state index < -0.39 is 0 Å². The lowest BCUT2D eigenvalue weighted by atomic mass is 9.90. The van der Waals surface area contributed by atoms with Gasteiger partial charge in [-0.3, -0.25) is 4.98 Å². The Kier molecular flexibility index (Phi) is 5.05. The fourth-order valence-electron chi connectivity index (χ4n) is 3.54. The van der Waals surface area contributed by atoms with Crippen LogP contribution in [0.1, 0.15) is 25.1 Å². The minimum atomic E-state index is -0.385. The summed E-state index contributed by atoms with van der Waals surface area (Å²) in [6.07, 6.45) is 4.61. The number of nitrogens with zero attached hydrogens (tertiary/aromatic N) is 4. The summed E-state index contributed by atoms with van der Waals surface area (Å²) in [5.41, 5.74) is 4.70. The molecule has 3 aromatic rings. The van der Waals surface area contributed by atoms with Gasteiger partial charge in [-0.2, -0.15) is 9.78 Å². The summed E-state index contributed by atoms with van der Waals surface area (Å²) in [4.78, 5) is 18.5. The topological polar surface area (TPSA) is 60.3 Å². The fourth-order valence-corrected chi connectivity index (χ4v) is 3.74. The Bertz CT molecular complexity index is 1010. The zero-order valence-electron chi connectivity index (χ0n) is 15.9. The molecule has 2 heterocycles. The van der Waals surface area contributed by atoms with Crippen LogP contribution in [0.5, 0.6) is 5.88 Å². The Hall–Kier alpha value is -2.86. The molecule has 1 aliphatic carbocycles. The van der Waals surface area contributed by atoms with Crippen LogP contribution in [0.4, 0.5) is 4.79 Å². The lowest BCUT2D eigenvalue weighted by Crippen LogP contribution is -2.33. The van der Waals surface area contributed by atoms with E-state index in [0.717, 1.165) is 40.9 Å². The number of halogens is 1. The average molecular weight is 397 g/mol. The van der Waals surface area contributed by atoms with Gasteiger partial charge < -0.3 is 9.64 Å². The maximum Gasteiger partial charge on any atom is 0.416 e. The van der Waals surface area contributed by atoms with Gasteiger partial charge in [0, 0.05) is 30.5 Å². The second-order valence-electron chi connectivity index (χ2n) is 6.59. The number of amides is 1. The summed E-state index contributed by atoms with van der Waals surface area (Å²) < 4.78 is 7.60. The second kappa shape index (κ2) is 7.64. The van der Waals surface area contributed by atoms with E-state index in [-0.39, 0.29) is 6.09 Å². The Morgan fingerprint density at radius 1 is 1.18 bits per heavy atom. The number of pyridine rings is 1. The normalized spacial score (nSPS) is 12.2. The third kappa shape index (κ3) is 3.24. The van der Waals surface area contributed by atoms with Gasteiger partial charge in [0.2, 0.25) is 5.88 Å². The van der Waals surface area contributed by atoms with Crippen molar-refractivity contribution in [3.8, 4) is 22.7 Å². The Balaban J connectivity index is 1.88. The smallest absolute Gasteiger partial charge is 0.390 e. The Morgan fingerprint density at radius 2 is 1.93 bits per heavy atom. The van der Waals surface area contributed by atoms with E-state index in [4.69, 9.17) is 21.4 Å². The quantitative estimate of drug-likeness (QED) is 0.650. The highest BCUT2D eigenvalue weighted by Gasteiger charge is 2.29. The molecule has 4 rings (SSSR count). The van der Waals surface area contributed by atoms with Gasteiger partial charge >= 0.3 is 6.09 Å². The van der Waals surface area contributed by atoms with Crippen molar-refractivity contribution in [3.63, 3.8) is 0 Å². The molecule has 144 valence electrons. The van der Waals surface area contributed by atoms with Crippen LogP contribution in [0, 0.1) is 0 Å². The Labute approximate surface area is 168 Å². The third-order valence-electron chi connectivity index (χ3n) is 5.00. The van der Waals surface area contributed by atoms with Crippen molar-refractivity contribution >= 4 is 17.7 Å². The number of benzene rings is 1. The second-order valence-corrected chi connectivity index (χ2v) is 7.02. The standard InChI is InChI=1S/C21H21ClN4O2/c1-3-25(4-2)21(27)28-20-19-17-7-6-15(22)13-14(17)5-8-18(19)24-26(20)16-9-11-23-12-10-16/h6-7,9-13H,3-5,8H2,1-2H3. The lowest BCUT2D eigenvalue weighted by molar-refractivity contribution is 0.154. The van der Waals surface area contributed by atoms with Crippen LogP contribution >= 0.6 is 11.6 Å². The lowest BCUT2D eigenvalue weighted by Gasteiger charge is -2.20. The van der Waals surface area contributed by atoms with Crippen LogP contribution in [0.25, 0.3) is 16.8 Å². The number of ether oxygens (including phenoxy) is 1. The molecule has 1 amide bonds. The van der Waals surface area contributed by atoms with E-state index in [1.165, 1.54) is 0 Å². The number of aryl methyl sites for hydroxylation is 2. The monoisotopic (exact) mass is 396 g/mol. The summed E-state index contributed by atoms with van der Waals surface area (Å²) in [5.74, 6) is 0.432. The highest BCUT2D eigenvalue weighted by atomic mass is 35.5. The first-order chi connectivity index (χ1) is 13.6. The van der Waals surface area contributed by atoms with Crippen molar-refractivity contribution in [2.24, 2.45) is 0 Å². The van der Waals surface area contributed by atoms with E-state index in [0.29, 0.717) is 24.0 Å². The number of carbonyl (C=O) groups excluding carboxylic acids is 1. The van der Waals surface area contributed by atoms with Gasteiger partial charge in [-0.1, -0.05) is 17.7 Å². The highest BCUT2D eigenvalue weighted by Crippen LogP contribution is 2.42. The SMILES string of the molecule is CCN(CC)C(=O)Oc1c2c(nn1-c1ccncc1)CCc1cc(Cl)ccc1-2. The highest BCUT2D eigenvalue weighted by molar-refractivity contribution is 6.30. The van der Waals surface area contributed by atoms with Gasteiger partial charge in [-0.15, -0.1) is 0 Å². The van der Waals surface area contributed by atoms with E-state index in [1.807, 2.05) is 44.2 Å². The molecular weight excluding hydrogens is 376 g/mol.